The number of ether oxygens (including phenoxy) is 3. The second-order valence-electron chi connectivity index (χ2n) is 5.80. The first-order valence-electron chi connectivity index (χ1n) is 8.66. The van der Waals surface area contributed by atoms with Crippen LogP contribution in [-0.2, 0) is 19.1 Å². The summed E-state index contributed by atoms with van der Waals surface area (Å²) in [5.74, 6) is -0.495. The predicted molar refractivity (Wildman–Crippen MR) is 114 cm³/mol. The molecule has 0 unspecified atom stereocenters. The van der Waals surface area contributed by atoms with E-state index < -0.39 is 24.2 Å². The Morgan fingerprint density at radius 1 is 1.10 bits per heavy atom. The van der Waals surface area contributed by atoms with Crippen LogP contribution in [0, 0.1) is 0 Å². The van der Waals surface area contributed by atoms with Gasteiger partial charge in [0.05, 0.1) is 24.9 Å². The first-order valence-corrected chi connectivity index (χ1v) is 9.45. The van der Waals surface area contributed by atoms with Gasteiger partial charge in [0.25, 0.3) is 0 Å². The molecule has 0 spiro atoms. The van der Waals surface area contributed by atoms with Gasteiger partial charge in [-0.3, -0.25) is 9.59 Å². The van der Waals surface area contributed by atoms with E-state index in [2.05, 4.69) is 36.5 Å². The number of carbonyl (C=O) groups is 3. The lowest BCUT2D eigenvalue weighted by molar-refractivity contribution is -0.143. The summed E-state index contributed by atoms with van der Waals surface area (Å²) in [6.45, 7) is -0.212. The monoisotopic (exact) mass is 477 g/mol. The molecule has 0 atom stereocenters. The van der Waals surface area contributed by atoms with Gasteiger partial charge in [0.2, 0.25) is 11.8 Å². The Kier molecular flexibility index (Phi) is 8.82. The van der Waals surface area contributed by atoms with Crippen LogP contribution in [0.3, 0.4) is 0 Å². The zero-order valence-electron chi connectivity index (χ0n) is 16.3. The largest absolute Gasteiger partial charge is 0.497 e. The van der Waals surface area contributed by atoms with E-state index in [0.29, 0.717) is 27.2 Å². The molecular formula is C20H20BrN3O6. The van der Waals surface area contributed by atoms with Gasteiger partial charge in [-0.25, -0.2) is 10.2 Å². The minimum absolute atomic E-state index is 0.212. The molecule has 0 saturated heterocycles. The van der Waals surface area contributed by atoms with Gasteiger partial charge >= 0.3 is 5.97 Å². The van der Waals surface area contributed by atoms with Gasteiger partial charge in [-0.05, 0) is 51.8 Å². The predicted octanol–water partition coefficient (Wildman–Crippen LogP) is 2.49. The first kappa shape index (κ1) is 22.9. The van der Waals surface area contributed by atoms with Gasteiger partial charge in [0.15, 0.2) is 6.61 Å². The average Bonchev–Trinajstić information content (AvgIpc) is 2.72. The van der Waals surface area contributed by atoms with Crippen LogP contribution >= 0.6 is 15.9 Å². The minimum atomic E-state index is -0.566. The van der Waals surface area contributed by atoms with E-state index in [-0.39, 0.29) is 6.61 Å². The van der Waals surface area contributed by atoms with Crippen LogP contribution in [-0.4, -0.2) is 44.8 Å². The van der Waals surface area contributed by atoms with Crippen molar-refractivity contribution in [1.29, 1.82) is 0 Å². The highest BCUT2D eigenvalue weighted by atomic mass is 79.9. The van der Waals surface area contributed by atoms with Crippen molar-refractivity contribution in [3.8, 4) is 11.5 Å². The van der Waals surface area contributed by atoms with Gasteiger partial charge in [-0.15, -0.1) is 0 Å². The number of nitrogens with zero attached hydrogens (tertiary/aromatic N) is 1. The van der Waals surface area contributed by atoms with E-state index >= 15 is 0 Å². The van der Waals surface area contributed by atoms with Crippen molar-refractivity contribution in [2.45, 2.75) is 6.42 Å². The molecule has 30 heavy (non-hydrogen) atoms. The molecule has 0 saturated carbocycles. The summed E-state index contributed by atoms with van der Waals surface area (Å²) in [5.41, 5.74) is 3.47. The number of amides is 2. The molecule has 0 aromatic heterocycles. The molecule has 0 bridgehead atoms. The number of nitrogens with one attached hydrogen (secondary N) is 2. The molecule has 2 amide bonds. The van der Waals surface area contributed by atoms with Gasteiger partial charge in [0, 0.05) is 11.8 Å². The standard InChI is InChI=1S/C20H20BrN3O6/c1-28-15-5-3-4-14(9-15)23-18(25)10-19(26)24-22-11-13-6-7-17(16(21)8-13)30-12-20(27)29-2/h3-9,11H,10,12H2,1-2H3,(H,23,25)(H,24,26). The topological polar surface area (TPSA) is 115 Å². The summed E-state index contributed by atoms with van der Waals surface area (Å²) in [5, 5.41) is 6.44. The van der Waals surface area contributed by atoms with Crippen molar-refractivity contribution in [3.05, 3.63) is 52.5 Å². The molecule has 0 heterocycles. The Bertz CT molecular complexity index is 948. The number of hydrogen-bond acceptors (Lipinski definition) is 7. The molecule has 2 aromatic rings. The fourth-order valence-electron chi connectivity index (χ4n) is 2.18. The van der Waals surface area contributed by atoms with Crippen LogP contribution in [0.15, 0.2) is 52.0 Å². The highest BCUT2D eigenvalue weighted by Gasteiger charge is 2.10. The minimum Gasteiger partial charge on any atom is -0.497 e. The molecule has 0 aliphatic heterocycles. The lowest BCUT2D eigenvalue weighted by Crippen LogP contribution is -2.24. The number of halogens is 1. The molecule has 0 fully saturated rings. The van der Waals surface area contributed by atoms with Crippen LogP contribution in [0.2, 0.25) is 0 Å². The zero-order chi connectivity index (χ0) is 21.9. The SMILES string of the molecule is COC(=O)COc1ccc(C=NNC(=O)CC(=O)Nc2cccc(OC)c2)cc1Br. The smallest absolute Gasteiger partial charge is 0.343 e. The molecule has 158 valence electrons. The number of hydrogen-bond donors (Lipinski definition) is 2. The third kappa shape index (κ3) is 7.55. The van der Waals surface area contributed by atoms with Crippen molar-refractivity contribution in [2.24, 2.45) is 5.10 Å². The lowest BCUT2D eigenvalue weighted by Gasteiger charge is -2.07. The van der Waals surface area contributed by atoms with Crippen LogP contribution in [0.4, 0.5) is 5.69 Å². The number of hydrazone groups is 1. The Morgan fingerprint density at radius 2 is 1.90 bits per heavy atom. The first-order chi connectivity index (χ1) is 14.4. The van der Waals surface area contributed by atoms with Crippen molar-refractivity contribution in [1.82, 2.24) is 5.43 Å². The third-order valence-corrected chi connectivity index (χ3v) is 4.23. The summed E-state index contributed by atoms with van der Waals surface area (Å²) in [6, 6.07) is 11.8. The van der Waals surface area contributed by atoms with Crippen LogP contribution in [0.25, 0.3) is 0 Å². The average molecular weight is 478 g/mol. The second-order valence-corrected chi connectivity index (χ2v) is 6.66. The zero-order valence-corrected chi connectivity index (χ0v) is 17.9. The number of esters is 1. The van der Waals surface area contributed by atoms with E-state index in [1.807, 2.05) is 0 Å². The molecular weight excluding hydrogens is 458 g/mol. The fraction of sp³-hybridized carbons (Fsp3) is 0.200. The molecule has 2 rings (SSSR count). The molecule has 0 aliphatic carbocycles. The number of benzene rings is 2. The normalized spacial score (nSPS) is 10.4. The second kappa shape index (κ2) is 11.6. The summed E-state index contributed by atoms with van der Waals surface area (Å²) in [7, 11) is 2.80. The van der Waals surface area contributed by atoms with Crippen molar-refractivity contribution < 1.29 is 28.6 Å². The molecule has 0 radical (unpaired) electrons. The fourth-order valence-corrected chi connectivity index (χ4v) is 2.69. The highest BCUT2D eigenvalue weighted by Crippen LogP contribution is 2.25. The summed E-state index contributed by atoms with van der Waals surface area (Å²) >= 11 is 3.33. The lowest BCUT2D eigenvalue weighted by atomic mass is 10.2. The maximum absolute atomic E-state index is 12.0. The Hall–Kier alpha value is -3.40. The van der Waals surface area contributed by atoms with Crippen molar-refractivity contribution in [2.75, 3.05) is 26.1 Å². The van der Waals surface area contributed by atoms with Gasteiger partial charge in [0.1, 0.15) is 17.9 Å². The summed E-state index contributed by atoms with van der Waals surface area (Å²) in [4.78, 5) is 34.9. The van der Waals surface area contributed by atoms with E-state index in [4.69, 9.17) is 9.47 Å². The molecule has 0 aliphatic rings. The Labute approximate surface area is 181 Å². The summed E-state index contributed by atoms with van der Waals surface area (Å²) in [6.07, 6.45) is 1.02. The Morgan fingerprint density at radius 3 is 2.60 bits per heavy atom. The van der Waals surface area contributed by atoms with E-state index in [0.717, 1.165) is 0 Å². The molecule has 9 nitrogen and oxygen atoms in total. The van der Waals surface area contributed by atoms with E-state index in [1.54, 1.807) is 42.5 Å². The Balaban J connectivity index is 1.82. The molecule has 10 heteroatoms. The number of rotatable bonds is 9. The number of anilines is 1. The van der Waals surface area contributed by atoms with E-state index in [9.17, 15) is 14.4 Å². The van der Waals surface area contributed by atoms with Gasteiger partial charge in [-0.2, -0.15) is 5.10 Å². The number of carbonyl (C=O) groups excluding carboxylic acids is 3. The maximum atomic E-state index is 12.0. The van der Waals surface area contributed by atoms with E-state index in [1.165, 1.54) is 20.4 Å². The highest BCUT2D eigenvalue weighted by molar-refractivity contribution is 9.10. The number of methoxy groups -OCH3 is 2. The van der Waals surface area contributed by atoms with Crippen LogP contribution < -0.4 is 20.2 Å². The van der Waals surface area contributed by atoms with Crippen molar-refractivity contribution >= 4 is 45.6 Å². The molecule has 2 aromatic carbocycles. The summed E-state index contributed by atoms with van der Waals surface area (Å²) < 4.78 is 15.5. The van der Waals surface area contributed by atoms with Crippen LogP contribution in [0.1, 0.15) is 12.0 Å². The quantitative estimate of drug-likeness (QED) is 0.248. The maximum Gasteiger partial charge on any atom is 0.343 e. The third-order valence-electron chi connectivity index (χ3n) is 3.61. The van der Waals surface area contributed by atoms with Gasteiger partial charge < -0.3 is 19.5 Å². The molecule has 2 N–H and O–H groups in total. The van der Waals surface area contributed by atoms with Crippen LogP contribution in [0.5, 0.6) is 11.5 Å². The van der Waals surface area contributed by atoms with Gasteiger partial charge in [-0.1, -0.05) is 6.07 Å². The van der Waals surface area contributed by atoms with Crippen molar-refractivity contribution in [3.63, 3.8) is 0 Å².